The van der Waals surface area contributed by atoms with Gasteiger partial charge in [0.15, 0.2) is 0 Å². The molecule has 20 heavy (non-hydrogen) atoms. The minimum atomic E-state index is -1.09. The minimum Gasteiger partial charge on any atom is -0.480 e. The molecule has 0 aliphatic carbocycles. The van der Waals surface area contributed by atoms with Crippen molar-refractivity contribution in [3.8, 4) is 0 Å². The van der Waals surface area contributed by atoms with Crippen molar-refractivity contribution in [2.75, 3.05) is 0 Å². The van der Waals surface area contributed by atoms with E-state index in [1.165, 1.54) is 0 Å². The molecule has 2 atom stereocenters. The summed E-state index contributed by atoms with van der Waals surface area (Å²) >= 11 is 0. The summed E-state index contributed by atoms with van der Waals surface area (Å²) in [5.74, 6) is -1.72. The summed E-state index contributed by atoms with van der Waals surface area (Å²) in [6.45, 7) is 0. The Balaban J connectivity index is 1.97. The Labute approximate surface area is 116 Å². The highest BCUT2D eigenvalue weighted by molar-refractivity contribution is 5.92. The van der Waals surface area contributed by atoms with Crippen molar-refractivity contribution >= 4 is 17.8 Å². The second-order valence-corrected chi connectivity index (χ2v) is 4.75. The summed E-state index contributed by atoms with van der Waals surface area (Å²) in [5, 5.41) is 14.2. The molecule has 2 amide bonds. The first-order valence-corrected chi connectivity index (χ1v) is 6.42. The average molecular weight is 276 g/mol. The van der Waals surface area contributed by atoms with Gasteiger partial charge in [-0.05, 0) is 12.0 Å². The average Bonchev–Trinajstić information content (AvgIpc) is 2.86. The Morgan fingerprint density at radius 3 is 2.60 bits per heavy atom. The Bertz CT molecular complexity index is 515. The van der Waals surface area contributed by atoms with E-state index in [1.54, 1.807) is 12.1 Å². The summed E-state index contributed by atoms with van der Waals surface area (Å²) < 4.78 is 0. The van der Waals surface area contributed by atoms with E-state index in [2.05, 4.69) is 10.6 Å². The predicted octanol–water partition coefficient (Wildman–Crippen LogP) is 0.0771. The number of nitrogens with one attached hydrogen (secondary N) is 2. The highest BCUT2D eigenvalue weighted by Crippen LogP contribution is 2.08. The number of amides is 2. The van der Waals surface area contributed by atoms with E-state index in [0.29, 0.717) is 12.8 Å². The molecule has 1 saturated heterocycles. The molecule has 106 valence electrons. The van der Waals surface area contributed by atoms with Gasteiger partial charge in [-0.15, -0.1) is 0 Å². The summed E-state index contributed by atoms with van der Waals surface area (Å²) in [5.41, 5.74) is 0.829. The lowest BCUT2D eigenvalue weighted by Crippen LogP contribution is -2.49. The van der Waals surface area contributed by atoms with Crippen molar-refractivity contribution in [1.82, 2.24) is 10.6 Å². The maximum atomic E-state index is 11.9. The molecule has 6 nitrogen and oxygen atoms in total. The number of aliphatic carboxylic acids is 1. The molecule has 1 unspecified atom stereocenters. The monoisotopic (exact) mass is 276 g/mol. The van der Waals surface area contributed by atoms with Crippen LogP contribution in [0.15, 0.2) is 30.3 Å². The number of benzene rings is 1. The van der Waals surface area contributed by atoms with E-state index in [-0.39, 0.29) is 12.3 Å². The first kappa shape index (κ1) is 14.0. The Hall–Kier alpha value is -2.37. The van der Waals surface area contributed by atoms with Crippen LogP contribution in [0.25, 0.3) is 0 Å². The molecular formula is C14H16N2O4. The normalized spacial score (nSPS) is 19.2. The molecule has 1 heterocycles. The molecule has 1 aromatic rings. The van der Waals surface area contributed by atoms with Crippen LogP contribution in [0, 0.1) is 0 Å². The van der Waals surface area contributed by atoms with Crippen LogP contribution >= 0.6 is 0 Å². The zero-order chi connectivity index (χ0) is 14.5. The van der Waals surface area contributed by atoms with E-state index in [0.717, 1.165) is 5.56 Å². The highest BCUT2D eigenvalue weighted by Gasteiger charge is 2.30. The molecule has 6 heteroatoms. The van der Waals surface area contributed by atoms with Crippen LogP contribution in [-0.2, 0) is 20.8 Å². The topological polar surface area (TPSA) is 95.5 Å². The molecule has 1 fully saturated rings. The Morgan fingerprint density at radius 2 is 2.05 bits per heavy atom. The molecule has 0 spiro atoms. The minimum absolute atomic E-state index is 0.180. The Kier molecular flexibility index (Phi) is 4.34. The van der Waals surface area contributed by atoms with Crippen LogP contribution < -0.4 is 10.6 Å². The third kappa shape index (κ3) is 3.57. The van der Waals surface area contributed by atoms with Gasteiger partial charge < -0.3 is 15.7 Å². The van der Waals surface area contributed by atoms with Gasteiger partial charge in [-0.1, -0.05) is 30.3 Å². The summed E-state index contributed by atoms with van der Waals surface area (Å²) in [7, 11) is 0. The van der Waals surface area contributed by atoms with Crippen molar-refractivity contribution in [3.05, 3.63) is 35.9 Å². The van der Waals surface area contributed by atoms with E-state index >= 15 is 0 Å². The number of carbonyl (C=O) groups is 3. The number of carbonyl (C=O) groups excluding carboxylic acids is 2. The van der Waals surface area contributed by atoms with Gasteiger partial charge in [0, 0.05) is 12.8 Å². The van der Waals surface area contributed by atoms with Gasteiger partial charge in [0.25, 0.3) is 0 Å². The highest BCUT2D eigenvalue weighted by atomic mass is 16.4. The van der Waals surface area contributed by atoms with Crippen LogP contribution in [0.3, 0.4) is 0 Å². The smallest absolute Gasteiger partial charge is 0.326 e. The van der Waals surface area contributed by atoms with Crippen molar-refractivity contribution in [1.29, 1.82) is 0 Å². The van der Waals surface area contributed by atoms with E-state index in [4.69, 9.17) is 0 Å². The molecule has 0 bridgehead atoms. The fraction of sp³-hybridized carbons (Fsp3) is 0.357. The molecule has 0 saturated carbocycles. The fourth-order valence-electron chi connectivity index (χ4n) is 2.13. The van der Waals surface area contributed by atoms with Crippen LogP contribution in [0.4, 0.5) is 0 Å². The maximum Gasteiger partial charge on any atom is 0.326 e. The van der Waals surface area contributed by atoms with Gasteiger partial charge in [0.05, 0.1) is 0 Å². The van der Waals surface area contributed by atoms with E-state index in [9.17, 15) is 19.5 Å². The molecular weight excluding hydrogens is 260 g/mol. The lowest BCUT2D eigenvalue weighted by atomic mass is 10.1. The van der Waals surface area contributed by atoms with E-state index < -0.39 is 24.0 Å². The first-order valence-electron chi connectivity index (χ1n) is 6.42. The van der Waals surface area contributed by atoms with Crippen molar-refractivity contribution in [3.63, 3.8) is 0 Å². The van der Waals surface area contributed by atoms with Crippen molar-refractivity contribution < 1.29 is 19.5 Å². The molecule has 2 rings (SSSR count). The Morgan fingerprint density at radius 1 is 1.35 bits per heavy atom. The molecule has 1 aromatic carbocycles. The lowest BCUT2D eigenvalue weighted by Gasteiger charge is -2.17. The van der Waals surface area contributed by atoms with E-state index in [1.807, 2.05) is 18.2 Å². The molecule has 0 radical (unpaired) electrons. The molecule has 3 N–H and O–H groups in total. The maximum absolute atomic E-state index is 11.9. The van der Waals surface area contributed by atoms with Gasteiger partial charge in [0.1, 0.15) is 12.1 Å². The number of rotatable bonds is 5. The summed E-state index contributed by atoms with van der Waals surface area (Å²) in [4.78, 5) is 34.2. The molecule has 0 aromatic heterocycles. The molecule has 1 aliphatic heterocycles. The zero-order valence-electron chi connectivity index (χ0n) is 10.8. The standard InChI is InChI=1S/C14H16N2O4/c17-12-7-6-10(15-12)13(18)16-11(14(19)20)8-9-4-2-1-3-5-9/h1-5,10-11H,6-8H2,(H,15,17)(H,16,18)(H,19,20)/t10-,11?/m0/s1. The third-order valence-electron chi connectivity index (χ3n) is 3.21. The van der Waals surface area contributed by atoms with Crippen molar-refractivity contribution in [2.24, 2.45) is 0 Å². The second-order valence-electron chi connectivity index (χ2n) is 4.75. The van der Waals surface area contributed by atoms with Gasteiger partial charge in [0.2, 0.25) is 11.8 Å². The quantitative estimate of drug-likeness (QED) is 0.709. The van der Waals surface area contributed by atoms with Crippen LogP contribution in [0.5, 0.6) is 0 Å². The second kappa shape index (κ2) is 6.18. The SMILES string of the molecule is O=C1CC[C@@H](C(=O)NC(Cc2ccccc2)C(=O)O)N1. The third-order valence-corrected chi connectivity index (χ3v) is 3.21. The zero-order valence-corrected chi connectivity index (χ0v) is 10.8. The lowest BCUT2D eigenvalue weighted by molar-refractivity contribution is -0.142. The van der Waals surface area contributed by atoms with Crippen LogP contribution in [-0.4, -0.2) is 35.0 Å². The summed E-state index contributed by atoms with van der Waals surface area (Å²) in [6.07, 6.45) is 0.916. The number of carboxylic acids is 1. The number of hydrogen-bond acceptors (Lipinski definition) is 3. The van der Waals surface area contributed by atoms with Crippen LogP contribution in [0.1, 0.15) is 18.4 Å². The van der Waals surface area contributed by atoms with Gasteiger partial charge in [-0.3, -0.25) is 9.59 Å². The summed E-state index contributed by atoms with van der Waals surface area (Å²) in [6, 6.07) is 7.45. The largest absolute Gasteiger partial charge is 0.480 e. The van der Waals surface area contributed by atoms with Gasteiger partial charge in [-0.25, -0.2) is 4.79 Å². The van der Waals surface area contributed by atoms with Gasteiger partial charge in [-0.2, -0.15) is 0 Å². The number of carboxylic acid groups (broad SMARTS) is 1. The van der Waals surface area contributed by atoms with Crippen LogP contribution in [0.2, 0.25) is 0 Å². The predicted molar refractivity (Wildman–Crippen MR) is 70.9 cm³/mol. The fourth-order valence-corrected chi connectivity index (χ4v) is 2.13. The van der Waals surface area contributed by atoms with Gasteiger partial charge >= 0.3 is 5.97 Å². The number of hydrogen-bond donors (Lipinski definition) is 3. The van der Waals surface area contributed by atoms with Crippen molar-refractivity contribution in [2.45, 2.75) is 31.3 Å². The molecule has 1 aliphatic rings. The first-order chi connectivity index (χ1) is 9.56.